The number of fused-ring (bicyclic) bond motifs is 5. The minimum Gasteiger partial charge on any atom is -0.345 e. The smallest absolute Gasteiger partial charge is 0.254 e. The third-order valence-electron chi connectivity index (χ3n) is 7.69. The molecule has 2 aliphatic rings. The van der Waals surface area contributed by atoms with Crippen molar-refractivity contribution in [3.63, 3.8) is 0 Å². The second-order valence-corrected chi connectivity index (χ2v) is 9.32. The van der Waals surface area contributed by atoms with Gasteiger partial charge in [-0.3, -0.25) is 4.79 Å². The summed E-state index contributed by atoms with van der Waals surface area (Å²) in [5, 5.41) is 0. The van der Waals surface area contributed by atoms with Gasteiger partial charge in [-0.15, -0.1) is 0 Å². The number of aromatic nitrogens is 2. The van der Waals surface area contributed by atoms with Crippen molar-refractivity contribution in [3.05, 3.63) is 65.0 Å². The fraction of sp³-hybridized carbons (Fsp3) is 0.417. The number of carbonyl (C=O) groups excluding carboxylic acids is 1. The van der Waals surface area contributed by atoms with Crippen LogP contribution in [0.15, 0.2) is 42.7 Å². The third-order valence-corrected chi connectivity index (χ3v) is 7.69. The van der Waals surface area contributed by atoms with Gasteiger partial charge in [0.25, 0.3) is 5.91 Å². The molecule has 1 aliphatic carbocycles. The van der Waals surface area contributed by atoms with Crippen molar-refractivity contribution in [2.24, 2.45) is 5.41 Å². The Morgan fingerprint density at radius 2 is 2.00 bits per heavy atom. The third kappa shape index (κ3) is 2.24. The Labute approximate surface area is 166 Å². The number of carbonyl (C=O) groups is 1. The number of benzene rings is 2. The van der Waals surface area contributed by atoms with E-state index in [-0.39, 0.29) is 22.8 Å². The molecular formula is C24H27N3O. The molecule has 144 valence electrons. The molecule has 2 aromatic carbocycles. The summed E-state index contributed by atoms with van der Waals surface area (Å²) in [6, 6.07) is 12.8. The molecule has 2 atom stereocenters. The summed E-state index contributed by atoms with van der Waals surface area (Å²) in [7, 11) is 0. The van der Waals surface area contributed by atoms with Crippen LogP contribution in [0.25, 0.3) is 11.0 Å². The quantitative estimate of drug-likeness (QED) is 0.676. The van der Waals surface area contributed by atoms with Crippen LogP contribution in [0, 0.1) is 12.3 Å². The van der Waals surface area contributed by atoms with Gasteiger partial charge in [0.05, 0.1) is 17.4 Å². The second kappa shape index (κ2) is 5.69. The number of piperidine rings is 1. The van der Waals surface area contributed by atoms with Crippen molar-refractivity contribution >= 4 is 16.9 Å². The second-order valence-electron chi connectivity index (χ2n) is 9.32. The summed E-state index contributed by atoms with van der Waals surface area (Å²) < 4.78 is 0. The Hall–Kier alpha value is -2.62. The summed E-state index contributed by atoms with van der Waals surface area (Å²) in [5.41, 5.74) is 6.85. The Balaban J connectivity index is 1.57. The maximum absolute atomic E-state index is 13.5. The van der Waals surface area contributed by atoms with Crippen molar-refractivity contribution in [1.29, 1.82) is 0 Å². The molecule has 4 heteroatoms. The van der Waals surface area contributed by atoms with Crippen LogP contribution in [0.2, 0.25) is 0 Å². The van der Waals surface area contributed by atoms with Crippen LogP contribution < -0.4 is 0 Å². The number of nitrogens with one attached hydrogen (secondary N) is 1. The van der Waals surface area contributed by atoms with Gasteiger partial charge in [-0.25, -0.2) is 4.98 Å². The standard InChI is InChI=1S/C24H27N3O/c1-15-5-6-16-13-21-23(2,3)24(4,18(16)11-15)9-10-27(21)22(28)17-7-8-19-20(12-17)26-14-25-19/h5-8,11-12,14,21H,9-10,13H2,1-4H3,(H,25,26)/t21?,24-/m0/s1. The molecule has 0 spiro atoms. The first kappa shape index (κ1) is 17.5. The van der Waals surface area contributed by atoms with E-state index < -0.39 is 0 Å². The maximum Gasteiger partial charge on any atom is 0.254 e. The van der Waals surface area contributed by atoms with Crippen LogP contribution in [0.4, 0.5) is 0 Å². The largest absolute Gasteiger partial charge is 0.345 e. The highest BCUT2D eigenvalue weighted by atomic mass is 16.2. The zero-order valence-electron chi connectivity index (χ0n) is 17.0. The maximum atomic E-state index is 13.5. The van der Waals surface area contributed by atoms with Crippen LogP contribution in [0.1, 0.15) is 54.2 Å². The molecule has 0 saturated carbocycles. The first-order valence-electron chi connectivity index (χ1n) is 10.2. The van der Waals surface area contributed by atoms with Gasteiger partial charge in [0.1, 0.15) is 0 Å². The lowest BCUT2D eigenvalue weighted by Gasteiger charge is -2.61. The molecule has 1 fully saturated rings. The zero-order chi connectivity index (χ0) is 19.7. The predicted molar refractivity (Wildman–Crippen MR) is 112 cm³/mol. The van der Waals surface area contributed by atoms with E-state index in [0.29, 0.717) is 0 Å². The van der Waals surface area contributed by atoms with E-state index in [9.17, 15) is 4.79 Å². The molecule has 1 amide bonds. The average molecular weight is 374 g/mol. The average Bonchev–Trinajstić information content (AvgIpc) is 3.13. The van der Waals surface area contributed by atoms with Gasteiger partial charge < -0.3 is 9.88 Å². The summed E-state index contributed by atoms with van der Waals surface area (Å²) in [5.74, 6) is 0.132. The number of nitrogens with zero attached hydrogens (tertiary/aromatic N) is 2. The minimum atomic E-state index is 0.0137. The number of aryl methyl sites for hydroxylation is 1. The van der Waals surface area contributed by atoms with Gasteiger partial charge >= 0.3 is 0 Å². The van der Waals surface area contributed by atoms with Gasteiger partial charge in [-0.05, 0) is 54.5 Å². The predicted octanol–water partition coefficient (Wildman–Crippen LogP) is 4.63. The number of imidazole rings is 1. The van der Waals surface area contributed by atoms with Crippen LogP contribution in [0.3, 0.4) is 0 Å². The van der Waals surface area contributed by atoms with Gasteiger partial charge in [-0.2, -0.15) is 0 Å². The monoisotopic (exact) mass is 373 g/mol. The fourth-order valence-electron chi connectivity index (χ4n) is 5.49. The highest BCUT2D eigenvalue weighted by molar-refractivity contribution is 5.97. The number of H-pyrrole nitrogens is 1. The summed E-state index contributed by atoms with van der Waals surface area (Å²) in [6.07, 6.45) is 3.59. The normalized spacial score (nSPS) is 25.6. The van der Waals surface area contributed by atoms with E-state index >= 15 is 0 Å². The molecule has 28 heavy (non-hydrogen) atoms. The molecule has 1 unspecified atom stereocenters. The van der Waals surface area contributed by atoms with Crippen LogP contribution in [0.5, 0.6) is 0 Å². The number of rotatable bonds is 1. The first-order valence-corrected chi connectivity index (χ1v) is 10.2. The van der Waals surface area contributed by atoms with E-state index in [0.717, 1.165) is 36.0 Å². The van der Waals surface area contributed by atoms with Gasteiger partial charge in [0, 0.05) is 23.6 Å². The lowest BCUT2D eigenvalue weighted by molar-refractivity contribution is -0.0262. The Morgan fingerprint density at radius 1 is 1.18 bits per heavy atom. The minimum absolute atomic E-state index is 0.0137. The highest BCUT2D eigenvalue weighted by Gasteiger charge is 2.56. The summed E-state index contributed by atoms with van der Waals surface area (Å²) >= 11 is 0. The number of aromatic amines is 1. The van der Waals surface area contributed by atoms with Crippen LogP contribution >= 0.6 is 0 Å². The lowest BCUT2D eigenvalue weighted by atomic mass is 9.51. The van der Waals surface area contributed by atoms with Gasteiger partial charge in [0.15, 0.2) is 0 Å². The molecule has 3 aromatic rings. The molecule has 2 bridgehead atoms. The fourth-order valence-corrected chi connectivity index (χ4v) is 5.49. The van der Waals surface area contributed by atoms with Crippen molar-refractivity contribution in [2.45, 2.75) is 52.0 Å². The van der Waals surface area contributed by atoms with E-state index in [2.05, 4.69) is 60.8 Å². The zero-order valence-corrected chi connectivity index (χ0v) is 17.0. The SMILES string of the molecule is Cc1ccc2c(c1)[C@]1(C)CCN(C(=O)c3ccc4nc[nH]c4c3)C(C2)C1(C)C. The number of likely N-dealkylation sites (tertiary alicyclic amines) is 1. The van der Waals surface area contributed by atoms with Crippen molar-refractivity contribution in [2.75, 3.05) is 6.54 Å². The lowest BCUT2D eigenvalue weighted by Crippen LogP contribution is -2.64. The Kier molecular flexibility index (Phi) is 3.55. The molecule has 1 aliphatic heterocycles. The first-order chi connectivity index (χ1) is 13.3. The molecule has 1 aromatic heterocycles. The molecule has 1 N–H and O–H groups in total. The van der Waals surface area contributed by atoms with E-state index in [1.54, 1.807) is 6.33 Å². The Morgan fingerprint density at radius 3 is 2.82 bits per heavy atom. The van der Waals surface area contributed by atoms with E-state index in [1.165, 1.54) is 16.7 Å². The molecule has 5 rings (SSSR count). The van der Waals surface area contributed by atoms with Crippen LogP contribution in [-0.2, 0) is 11.8 Å². The van der Waals surface area contributed by atoms with Crippen molar-refractivity contribution < 1.29 is 4.79 Å². The Bertz CT molecular complexity index is 1100. The summed E-state index contributed by atoms with van der Waals surface area (Å²) in [6.45, 7) is 10.1. The molecular weight excluding hydrogens is 346 g/mol. The van der Waals surface area contributed by atoms with Gasteiger partial charge in [-0.1, -0.05) is 44.5 Å². The number of hydrogen-bond acceptors (Lipinski definition) is 2. The van der Waals surface area contributed by atoms with E-state index in [4.69, 9.17) is 0 Å². The molecule has 2 heterocycles. The van der Waals surface area contributed by atoms with Gasteiger partial charge in [0.2, 0.25) is 0 Å². The molecule has 1 saturated heterocycles. The van der Waals surface area contributed by atoms with Crippen molar-refractivity contribution in [1.82, 2.24) is 14.9 Å². The molecule has 0 radical (unpaired) electrons. The highest BCUT2D eigenvalue weighted by Crippen LogP contribution is 2.56. The molecule has 4 nitrogen and oxygen atoms in total. The summed E-state index contributed by atoms with van der Waals surface area (Å²) in [4.78, 5) is 23.0. The number of hydrogen-bond donors (Lipinski definition) is 1. The van der Waals surface area contributed by atoms with E-state index in [1.807, 2.05) is 18.2 Å². The number of amides is 1. The topological polar surface area (TPSA) is 49.0 Å². The van der Waals surface area contributed by atoms with Crippen molar-refractivity contribution in [3.8, 4) is 0 Å². The van der Waals surface area contributed by atoms with Crippen LogP contribution in [-0.4, -0.2) is 33.4 Å².